The van der Waals surface area contributed by atoms with E-state index in [1.807, 2.05) is 27.7 Å². The molecule has 30 heavy (non-hydrogen) atoms. The average molecular weight is 430 g/mol. The van der Waals surface area contributed by atoms with Crippen LogP contribution in [0.1, 0.15) is 74.1 Å². The number of aliphatic hydroxyl groups excluding tert-OH is 1. The second-order valence-electron chi connectivity index (χ2n) is 9.70. The number of cyclic esters (lactones) is 1. The van der Waals surface area contributed by atoms with E-state index >= 15 is 0 Å². The van der Waals surface area contributed by atoms with E-state index in [2.05, 4.69) is 19.0 Å². The third-order valence-electron chi connectivity index (χ3n) is 6.69. The Kier molecular flexibility index (Phi) is 9.77. The first kappa shape index (κ1) is 26.9. The molecule has 1 saturated heterocycles. The van der Waals surface area contributed by atoms with Gasteiger partial charge in [-0.1, -0.05) is 39.8 Å². The topological polar surface area (TPSA) is 97.6 Å². The molecule has 0 saturated carbocycles. The molecule has 0 bridgehead atoms. The van der Waals surface area contributed by atoms with Crippen LogP contribution in [0.15, 0.2) is 5.16 Å². The van der Waals surface area contributed by atoms with Gasteiger partial charge in [-0.15, -0.1) is 0 Å². The van der Waals surface area contributed by atoms with Gasteiger partial charge < -0.3 is 24.5 Å². The first-order valence-electron chi connectivity index (χ1n) is 11.1. The molecule has 1 rings (SSSR count). The molecule has 1 aliphatic rings. The van der Waals surface area contributed by atoms with Gasteiger partial charge in [-0.05, 0) is 45.4 Å². The molecular weight excluding hydrogens is 386 g/mol. The minimum absolute atomic E-state index is 0.0504. The highest BCUT2D eigenvalue weighted by Crippen LogP contribution is 2.35. The maximum Gasteiger partial charge on any atom is 0.309 e. The predicted molar refractivity (Wildman–Crippen MR) is 117 cm³/mol. The minimum Gasteiger partial charge on any atom is -0.459 e. The molecular formula is C23H43NO6. The van der Waals surface area contributed by atoms with E-state index in [0.717, 1.165) is 6.42 Å². The molecule has 8 atom stereocenters. The van der Waals surface area contributed by atoms with Crippen molar-refractivity contribution in [1.29, 1.82) is 0 Å². The number of oxime groups is 1. The van der Waals surface area contributed by atoms with Crippen LogP contribution in [0.5, 0.6) is 0 Å². The van der Waals surface area contributed by atoms with Crippen molar-refractivity contribution in [1.82, 2.24) is 0 Å². The van der Waals surface area contributed by atoms with E-state index in [1.54, 1.807) is 7.11 Å². The van der Waals surface area contributed by atoms with Crippen molar-refractivity contribution in [2.24, 2.45) is 28.8 Å². The Morgan fingerprint density at radius 1 is 1.13 bits per heavy atom. The summed E-state index contributed by atoms with van der Waals surface area (Å²) in [7, 11) is 3.17. The third-order valence-corrected chi connectivity index (χ3v) is 6.69. The summed E-state index contributed by atoms with van der Waals surface area (Å²) in [5, 5.41) is 26.5. The van der Waals surface area contributed by atoms with Gasteiger partial charge in [-0.25, -0.2) is 0 Å². The quantitative estimate of drug-likeness (QED) is 0.526. The number of rotatable bonds is 3. The summed E-state index contributed by atoms with van der Waals surface area (Å²) in [5.74, 6) is -0.998. The van der Waals surface area contributed by atoms with Gasteiger partial charge in [0.05, 0.1) is 23.3 Å². The molecule has 0 aromatic carbocycles. The fraction of sp³-hybridized carbons (Fsp3) is 0.913. The lowest BCUT2D eigenvalue weighted by atomic mass is 9.75. The van der Waals surface area contributed by atoms with Gasteiger partial charge in [-0.2, -0.15) is 0 Å². The number of carbonyl (C=O) groups is 1. The van der Waals surface area contributed by atoms with E-state index in [0.29, 0.717) is 25.0 Å². The second kappa shape index (κ2) is 10.9. The van der Waals surface area contributed by atoms with Crippen molar-refractivity contribution in [2.75, 3.05) is 14.2 Å². The third kappa shape index (κ3) is 6.41. The van der Waals surface area contributed by atoms with Crippen molar-refractivity contribution < 1.29 is 29.3 Å². The van der Waals surface area contributed by atoms with Crippen LogP contribution in [-0.2, 0) is 19.1 Å². The molecule has 0 unspecified atom stereocenters. The highest BCUT2D eigenvalue weighted by atomic mass is 16.6. The van der Waals surface area contributed by atoms with E-state index < -0.39 is 29.3 Å². The Hall–Kier alpha value is -1.18. The van der Waals surface area contributed by atoms with Gasteiger partial charge in [0, 0.05) is 18.9 Å². The van der Waals surface area contributed by atoms with Crippen LogP contribution in [0.2, 0.25) is 0 Å². The van der Waals surface area contributed by atoms with Crippen LogP contribution in [0.25, 0.3) is 0 Å². The highest BCUT2D eigenvalue weighted by molar-refractivity contribution is 5.88. The summed E-state index contributed by atoms with van der Waals surface area (Å²) < 4.78 is 11.6. The van der Waals surface area contributed by atoms with Crippen molar-refractivity contribution in [2.45, 2.75) is 97.6 Å². The van der Waals surface area contributed by atoms with E-state index in [-0.39, 0.29) is 23.7 Å². The van der Waals surface area contributed by atoms with Gasteiger partial charge in [0.25, 0.3) is 0 Å². The first-order valence-corrected chi connectivity index (χ1v) is 11.1. The second-order valence-corrected chi connectivity index (χ2v) is 9.70. The van der Waals surface area contributed by atoms with Gasteiger partial charge in [0.2, 0.25) is 0 Å². The highest BCUT2D eigenvalue weighted by Gasteiger charge is 2.46. The smallest absolute Gasteiger partial charge is 0.309 e. The van der Waals surface area contributed by atoms with Crippen molar-refractivity contribution in [3.8, 4) is 0 Å². The number of hydrogen-bond donors (Lipinski definition) is 2. The Labute approximate surface area is 182 Å². The largest absolute Gasteiger partial charge is 0.459 e. The zero-order chi connectivity index (χ0) is 23.3. The van der Waals surface area contributed by atoms with Crippen molar-refractivity contribution in [3.63, 3.8) is 0 Å². The van der Waals surface area contributed by atoms with E-state index in [4.69, 9.17) is 14.3 Å². The number of hydrogen-bond acceptors (Lipinski definition) is 7. The maximum atomic E-state index is 12.7. The number of carbonyl (C=O) groups excluding carboxylic acids is 1. The van der Waals surface area contributed by atoms with E-state index in [9.17, 15) is 15.0 Å². The molecule has 7 heteroatoms. The molecule has 1 heterocycles. The fourth-order valence-corrected chi connectivity index (χ4v) is 4.98. The van der Waals surface area contributed by atoms with E-state index in [1.165, 1.54) is 14.0 Å². The molecule has 0 aromatic heterocycles. The number of ether oxygens (including phenoxy) is 2. The van der Waals surface area contributed by atoms with Gasteiger partial charge in [0.15, 0.2) is 0 Å². The number of esters is 1. The molecule has 0 spiro atoms. The molecule has 0 radical (unpaired) electrons. The lowest BCUT2D eigenvalue weighted by molar-refractivity contribution is -0.186. The standard InChI is InChI=1S/C23H43NO6/c1-10-18-23(7,27)20(25)17(5)19(24-29-9)16(4)13-22(6,28-8)12-14(2)11-15(3)21(26)30-18/h14-18,20,25,27H,10-13H2,1-9H3/b24-19+/t14-,15+,16+,17-,18+,20+,22-,23+/m0/s1. The van der Waals surface area contributed by atoms with Crippen LogP contribution in [-0.4, -0.2) is 59.5 Å². The zero-order valence-corrected chi connectivity index (χ0v) is 20.3. The summed E-state index contributed by atoms with van der Waals surface area (Å²) in [6.45, 7) is 13.2. The van der Waals surface area contributed by atoms with Crippen LogP contribution >= 0.6 is 0 Å². The molecule has 2 N–H and O–H groups in total. The van der Waals surface area contributed by atoms with Crippen LogP contribution in [0, 0.1) is 23.7 Å². The van der Waals surface area contributed by atoms with Gasteiger partial charge in [0.1, 0.15) is 18.8 Å². The average Bonchev–Trinajstić information content (AvgIpc) is 2.67. The maximum absolute atomic E-state index is 12.7. The molecule has 1 aliphatic heterocycles. The Balaban J connectivity index is 3.43. The predicted octanol–water partition coefficient (Wildman–Crippen LogP) is 3.56. The van der Waals surface area contributed by atoms with Crippen LogP contribution < -0.4 is 0 Å². The summed E-state index contributed by atoms with van der Waals surface area (Å²) in [6, 6.07) is 0. The number of nitrogens with zero attached hydrogens (tertiary/aromatic N) is 1. The molecule has 176 valence electrons. The monoisotopic (exact) mass is 429 g/mol. The zero-order valence-electron chi connectivity index (χ0n) is 20.3. The Morgan fingerprint density at radius 2 is 1.73 bits per heavy atom. The van der Waals surface area contributed by atoms with Crippen LogP contribution in [0.4, 0.5) is 0 Å². The lowest BCUT2D eigenvalue weighted by Crippen LogP contribution is -2.56. The van der Waals surface area contributed by atoms with Crippen molar-refractivity contribution in [3.05, 3.63) is 0 Å². The molecule has 1 fully saturated rings. The first-order chi connectivity index (χ1) is 13.8. The lowest BCUT2D eigenvalue weighted by Gasteiger charge is -2.41. The Morgan fingerprint density at radius 3 is 2.23 bits per heavy atom. The fourth-order valence-electron chi connectivity index (χ4n) is 4.98. The molecule has 0 aromatic rings. The minimum atomic E-state index is -1.64. The van der Waals surface area contributed by atoms with Crippen molar-refractivity contribution >= 4 is 11.7 Å². The molecule has 0 amide bonds. The normalized spacial score (nSPS) is 43.7. The Bertz CT molecular complexity index is 592. The summed E-state index contributed by atoms with van der Waals surface area (Å²) >= 11 is 0. The van der Waals surface area contributed by atoms with Gasteiger partial charge in [-0.3, -0.25) is 4.79 Å². The molecule has 7 nitrogen and oxygen atoms in total. The van der Waals surface area contributed by atoms with Crippen LogP contribution in [0.3, 0.4) is 0 Å². The summed E-state index contributed by atoms with van der Waals surface area (Å²) in [6.07, 6.45) is 0.466. The summed E-state index contributed by atoms with van der Waals surface area (Å²) in [5.41, 5.74) is -1.43. The van der Waals surface area contributed by atoms with Gasteiger partial charge >= 0.3 is 5.97 Å². The molecule has 0 aliphatic carbocycles. The number of aliphatic hydroxyl groups is 2. The summed E-state index contributed by atoms with van der Waals surface area (Å²) in [4.78, 5) is 17.8. The number of methoxy groups -OCH3 is 1. The SMILES string of the molecule is CC[C@H]1OC(=O)[C@H](C)C[C@H](C)C[C@](C)(OC)C[C@@H](C)/C(=N\OC)[C@H](C)[C@@H](O)[C@]1(C)O.